The minimum Gasteiger partial charge on any atom is -0.350 e. The number of anilines is 3. The Bertz CT molecular complexity index is 830. The lowest BCUT2D eigenvalue weighted by Gasteiger charge is -2.37. The van der Waals surface area contributed by atoms with Crippen LogP contribution in [-0.2, 0) is 6.54 Å². The Kier molecular flexibility index (Phi) is 7.31. The summed E-state index contributed by atoms with van der Waals surface area (Å²) in [5.41, 5.74) is 26.0. The van der Waals surface area contributed by atoms with Gasteiger partial charge in [0.05, 0.1) is 0 Å². The zero-order valence-electron chi connectivity index (χ0n) is 18.5. The van der Waals surface area contributed by atoms with Crippen LogP contribution >= 0.6 is 11.8 Å². The number of hydrogen-bond donors (Lipinski definition) is 5. The lowest BCUT2D eigenvalue weighted by atomic mass is 10.0. The maximum atomic E-state index is 6.21. The predicted octanol–water partition coefficient (Wildman–Crippen LogP) is -0.0650. The second-order valence-corrected chi connectivity index (χ2v) is 9.66. The number of hydrogen-bond acceptors (Lipinski definition) is 11. The first-order chi connectivity index (χ1) is 15.4. The van der Waals surface area contributed by atoms with Crippen LogP contribution in [-0.4, -0.2) is 71.6 Å². The summed E-state index contributed by atoms with van der Waals surface area (Å²) in [6.45, 7) is 3.24. The van der Waals surface area contributed by atoms with E-state index in [0.717, 1.165) is 18.4 Å². The van der Waals surface area contributed by atoms with Gasteiger partial charge in [0.2, 0.25) is 17.8 Å². The van der Waals surface area contributed by atoms with Gasteiger partial charge in [-0.05, 0) is 36.8 Å². The first kappa shape index (κ1) is 23.0. The van der Waals surface area contributed by atoms with E-state index in [1.54, 1.807) is 11.8 Å². The molecule has 2 aliphatic rings. The van der Waals surface area contributed by atoms with E-state index in [0.29, 0.717) is 50.6 Å². The zero-order chi connectivity index (χ0) is 22.7. The highest BCUT2D eigenvalue weighted by Gasteiger charge is 2.28. The Morgan fingerprint density at radius 1 is 0.812 bits per heavy atom. The van der Waals surface area contributed by atoms with Gasteiger partial charge in [0.25, 0.3) is 0 Å². The van der Waals surface area contributed by atoms with Crippen LogP contribution in [0.3, 0.4) is 0 Å². The van der Waals surface area contributed by atoms with Gasteiger partial charge < -0.3 is 38.1 Å². The minimum atomic E-state index is -0.0119. The molecule has 2 aromatic rings. The van der Waals surface area contributed by atoms with Crippen LogP contribution in [0.2, 0.25) is 0 Å². The molecule has 0 aliphatic carbocycles. The Hall–Kier alpha value is -2.18. The van der Waals surface area contributed by atoms with Gasteiger partial charge in [-0.25, -0.2) is 0 Å². The van der Waals surface area contributed by atoms with Crippen LogP contribution in [0, 0.1) is 0 Å². The average molecular weight is 459 g/mol. The van der Waals surface area contributed by atoms with E-state index < -0.39 is 0 Å². The van der Waals surface area contributed by atoms with Crippen molar-refractivity contribution >= 4 is 29.6 Å². The third-order valence-electron chi connectivity index (χ3n) is 5.82. The maximum absolute atomic E-state index is 6.21. The molecule has 9 N–H and O–H groups in total. The number of nitrogens with zero attached hydrogens (tertiary/aromatic N) is 5. The monoisotopic (exact) mass is 458 g/mol. The van der Waals surface area contributed by atoms with Crippen molar-refractivity contribution in [2.24, 2.45) is 22.9 Å². The topological polar surface area (TPSA) is 161 Å². The molecule has 0 amide bonds. The molecule has 174 valence electrons. The summed E-state index contributed by atoms with van der Waals surface area (Å²) < 4.78 is 0. The Balaban J connectivity index is 1.58. The van der Waals surface area contributed by atoms with Crippen LogP contribution in [0.25, 0.3) is 0 Å². The number of nitrogens with one attached hydrogen (secondary N) is 1. The van der Waals surface area contributed by atoms with Crippen LogP contribution in [0.1, 0.15) is 18.4 Å². The fraction of sp³-hybridized carbons (Fsp3) is 0.571. The normalized spacial score (nSPS) is 26.3. The quantitative estimate of drug-likeness (QED) is 0.369. The zero-order valence-corrected chi connectivity index (χ0v) is 19.3. The van der Waals surface area contributed by atoms with Crippen LogP contribution in [0.5, 0.6) is 0 Å². The standard InChI is InChI=1S/C21H34N10S/c1-32-18-4-2-13(3-5-18)8-26-19-27-20(30-9-14(22)6-15(23)10-30)29-21(28-19)31-11-16(24)7-17(25)12-31/h2-5,14-17H,6-12,22-25H2,1H3,(H,26,27,28,29)/t14-,15+,16-,17+. The van der Waals surface area contributed by atoms with E-state index in [9.17, 15) is 0 Å². The molecule has 0 radical (unpaired) electrons. The molecule has 3 heterocycles. The van der Waals surface area contributed by atoms with E-state index in [1.165, 1.54) is 4.90 Å². The van der Waals surface area contributed by atoms with Crippen molar-refractivity contribution in [2.45, 2.75) is 48.4 Å². The number of benzene rings is 1. The van der Waals surface area contributed by atoms with Crippen LogP contribution in [0.15, 0.2) is 29.2 Å². The Morgan fingerprint density at radius 2 is 1.28 bits per heavy atom. The van der Waals surface area contributed by atoms with Gasteiger partial charge in [-0.15, -0.1) is 11.8 Å². The van der Waals surface area contributed by atoms with Crippen molar-refractivity contribution in [3.8, 4) is 0 Å². The van der Waals surface area contributed by atoms with E-state index >= 15 is 0 Å². The summed E-state index contributed by atoms with van der Waals surface area (Å²) in [5, 5.41) is 3.35. The van der Waals surface area contributed by atoms with Gasteiger partial charge in [0.15, 0.2) is 0 Å². The lowest BCUT2D eigenvalue weighted by Crippen LogP contribution is -2.54. The summed E-state index contributed by atoms with van der Waals surface area (Å²) in [5.74, 6) is 1.67. The first-order valence-corrected chi connectivity index (χ1v) is 12.3. The molecule has 1 aromatic carbocycles. The maximum Gasteiger partial charge on any atom is 0.232 e. The highest BCUT2D eigenvalue weighted by atomic mass is 32.2. The highest BCUT2D eigenvalue weighted by Crippen LogP contribution is 2.22. The number of nitrogens with two attached hydrogens (primary N) is 4. The van der Waals surface area contributed by atoms with Crippen molar-refractivity contribution in [1.29, 1.82) is 0 Å². The molecule has 0 bridgehead atoms. The average Bonchev–Trinajstić information content (AvgIpc) is 2.76. The molecule has 2 aliphatic heterocycles. The fourth-order valence-corrected chi connectivity index (χ4v) is 4.73. The van der Waals surface area contributed by atoms with Gasteiger partial charge in [-0.3, -0.25) is 0 Å². The molecule has 0 saturated carbocycles. The lowest BCUT2D eigenvalue weighted by molar-refractivity contribution is 0.441. The van der Waals surface area contributed by atoms with Crippen LogP contribution in [0.4, 0.5) is 17.8 Å². The third kappa shape index (κ3) is 5.78. The Labute approximate surface area is 193 Å². The molecule has 0 unspecified atom stereocenters. The molecule has 2 saturated heterocycles. The van der Waals surface area contributed by atoms with Crippen molar-refractivity contribution in [1.82, 2.24) is 15.0 Å². The molecule has 11 heteroatoms. The SMILES string of the molecule is CSc1ccc(CNc2nc(N3C[C@H](N)C[C@H](N)C3)nc(N3C[C@H](N)C[C@H](N)C3)n2)cc1. The van der Waals surface area contributed by atoms with E-state index in [4.69, 9.17) is 37.9 Å². The molecule has 10 nitrogen and oxygen atoms in total. The molecule has 1 aromatic heterocycles. The second kappa shape index (κ2) is 10.2. The molecule has 32 heavy (non-hydrogen) atoms. The van der Waals surface area contributed by atoms with Crippen LogP contribution < -0.4 is 38.1 Å². The van der Waals surface area contributed by atoms with Gasteiger partial charge in [0, 0.05) is 61.8 Å². The van der Waals surface area contributed by atoms with Gasteiger partial charge >= 0.3 is 0 Å². The number of thioether (sulfide) groups is 1. The Morgan fingerprint density at radius 3 is 1.72 bits per heavy atom. The number of rotatable bonds is 6. The summed E-state index contributed by atoms with van der Waals surface area (Å²) in [4.78, 5) is 19.5. The fourth-order valence-electron chi connectivity index (χ4n) is 4.32. The molecular formula is C21H34N10S. The molecule has 0 spiro atoms. The molecule has 4 rings (SSSR count). The summed E-state index contributed by atoms with van der Waals surface area (Å²) >= 11 is 1.72. The smallest absolute Gasteiger partial charge is 0.232 e. The van der Waals surface area contributed by atoms with Gasteiger partial charge in [0.1, 0.15) is 0 Å². The predicted molar refractivity (Wildman–Crippen MR) is 131 cm³/mol. The largest absolute Gasteiger partial charge is 0.350 e. The van der Waals surface area contributed by atoms with E-state index in [-0.39, 0.29) is 24.2 Å². The van der Waals surface area contributed by atoms with Crippen molar-refractivity contribution in [3.63, 3.8) is 0 Å². The van der Waals surface area contributed by atoms with Gasteiger partial charge in [-0.1, -0.05) is 12.1 Å². The summed E-state index contributed by atoms with van der Waals surface area (Å²) in [6, 6.07) is 8.38. The molecule has 4 atom stereocenters. The second-order valence-electron chi connectivity index (χ2n) is 8.78. The summed E-state index contributed by atoms with van der Waals surface area (Å²) in [7, 11) is 0. The van der Waals surface area contributed by atoms with E-state index in [2.05, 4.69) is 35.8 Å². The summed E-state index contributed by atoms with van der Waals surface area (Å²) in [6.07, 6.45) is 3.65. The van der Waals surface area contributed by atoms with Crippen molar-refractivity contribution in [3.05, 3.63) is 29.8 Å². The van der Waals surface area contributed by atoms with Crippen molar-refractivity contribution < 1.29 is 0 Å². The number of piperidine rings is 2. The van der Waals surface area contributed by atoms with E-state index in [1.807, 2.05) is 9.80 Å². The van der Waals surface area contributed by atoms with Crippen molar-refractivity contribution in [2.75, 3.05) is 47.6 Å². The number of aromatic nitrogens is 3. The van der Waals surface area contributed by atoms with Gasteiger partial charge in [-0.2, -0.15) is 15.0 Å². The molecular weight excluding hydrogens is 424 g/mol. The first-order valence-electron chi connectivity index (χ1n) is 11.0. The molecule has 2 fully saturated rings. The minimum absolute atomic E-state index is 0.0119. The third-order valence-corrected chi connectivity index (χ3v) is 6.56. The highest BCUT2D eigenvalue weighted by molar-refractivity contribution is 7.98.